The SMILES string of the molecule is CCCCCOC(=O)C(C)NP(=O)(COC(C)Cn1cnc2c(N)ncnc21)NCC(C)C(=O)OC(C)C. The van der Waals surface area contributed by atoms with Gasteiger partial charge in [-0.2, -0.15) is 0 Å². The van der Waals surface area contributed by atoms with Gasteiger partial charge in [0.25, 0.3) is 0 Å². The van der Waals surface area contributed by atoms with Crippen molar-refractivity contribution in [3.63, 3.8) is 0 Å². The number of carbonyl (C=O) groups is 2. The van der Waals surface area contributed by atoms with Crippen molar-refractivity contribution in [1.82, 2.24) is 29.7 Å². The molecule has 0 aliphatic heterocycles. The number of hydrogen-bond donors (Lipinski definition) is 3. The van der Waals surface area contributed by atoms with Crippen LogP contribution >= 0.6 is 7.44 Å². The minimum absolute atomic E-state index is 0.0637. The van der Waals surface area contributed by atoms with Crippen LogP contribution in [0, 0.1) is 5.92 Å². The number of carbonyl (C=O) groups excluding carboxylic acids is 2. The molecular weight excluding hydrogens is 513 g/mol. The van der Waals surface area contributed by atoms with E-state index in [1.165, 1.54) is 6.33 Å². The molecule has 0 bridgehead atoms. The van der Waals surface area contributed by atoms with E-state index in [2.05, 4.69) is 32.1 Å². The first-order chi connectivity index (χ1) is 18.0. The summed E-state index contributed by atoms with van der Waals surface area (Å²) in [6, 6.07) is -0.857. The summed E-state index contributed by atoms with van der Waals surface area (Å²) in [7, 11) is -3.50. The molecule has 2 rings (SSSR count). The van der Waals surface area contributed by atoms with Gasteiger partial charge in [0.15, 0.2) is 11.5 Å². The number of nitrogens with one attached hydrogen (secondary N) is 2. The van der Waals surface area contributed by atoms with Gasteiger partial charge in [0.2, 0.25) is 7.44 Å². The monoisotopic (exact) mass is 555 g/mol. The van der Waals surface area contributed by atoms with E-state index in [1.807, 2.05) is 6.92 Å². The predicted octanol–water partition coefficient (Wildman–Crippen LogP) is 2.85. The fourth-order valence-corrected chi connectivity index (χ4v) is 5.48. The minimum Gasteiger partial charge on any atom is -0.465 e. The number of anilines is 1. The number of imidazole rings is 1. The fourth-order valence-electron chi connectivity index (χ4n) is 3.45. The molecule has 0 radical (unpaired) electrons. The summed E-state index contributed by atoms with van der Waals surface area (Å²) in [5.41, 5.74) is 6.90. The second kappa shape index (κ2) is 15.1. The van der Waals surface area contributed by atoms with E-state index >= 15 is 0 Å². The van der Waals surface area contributed by atoms with Crippen LogP contribution in [0.2, 0.25) is 0 Å². The topological polar surface area (TPSA) is 173 Å². The normalized spacial score (nSPS) is 15.7. The number of nitrogens with two attached hydrogens (primary N) is 1. The Bertz CT molecular complexity index is 1100. The highest BCUT2D eigenvalue weighted by atomic mass is 31.2. The zero-order chi connectivity index (χ0) is 28.3. The van der Waals surface area contributed by atoms with Crippen LogP contribution in [0.1, 0.15) is 60.8 Å². The van der Waals surface area contributed by atoms with E-state index in [1.54, 1.807) is 38.6 Å². The lowest BCUT2D eigenvalue weighted by molar-refractivity contribution is -0.151. The standard InChI is InChI=1S/C24H42N7O6P/c1-7-8-9-10-35-24(33)19(6)30-38(34,29-11-17(4)23(32)37-16(2)3)15-36-18(5)12-31-14-28-20-21(25)26-13-27-22(20)31/h13-14,16-19H,7-12,15H2,1-6H3,(H2,25,26,27)(H2,29,30,34). The van der Waals surface area contributed by atoms with Gasteiger partial charge in [-0.05, 0) is 34.1 Å². The van der Waals surface area contributed by atoms with E-state index < -0.39 is 37.4 Å². The van der Waals surface area contributed by atoms with Crippen LogP contribution in [0.15, 0.2) is 12.7 Å². The van der Waals surface area contributed by atoms with Gasteiger partial charge >= 0.3 is 11.9 Å². The van der Waals surface area contributed by atoms with Crippen molar-refractivity contribution < 1.29 is 28.4 Å². The Morgan fingerprint density at radius 2 is 1.84 bits per heavy atom. The summed E-state index contributed by atoms with van der Waals surface area (Å²) < 4.78 is 32.1. The van der Waals surface area contributed by atoms with Crippen LogP contribution in [0.3, 0.4) is 0 Å². The summed E-state index contributed by atoms with van der Waals surface area (Å²) in [5, 5.41) is 5.78. The molecule has 2 aromatic heterocycles. The van der Waals surface area contributed by atoms with Gasteiger partial charge in [0.05, 0.1) is 37.6 Å². The lowest BCUT2D eigenvalue weighted by Gasteiger charge is -2.26. The summed E-state index contributed by atoms with van der Waals surface area (Å²) in [6.45, 7) is 11.4. The van der Waals surface area contributed by atoms with Crippen molar-refractivity contribution in [2.24, 2.45) is 5.92 Å². The van der Waals surface area contributed by atoms with Gasteiger partial charge in [0, 0.05) is 6.54 Å². The molecule has 0 spiro atoms. The smallest absolute Gasteiger partial charge is 0.323 e. The third-order valence-corrected chi connectivity index (χ3v) is 7.59. The molecule has 4 atom stereocenters. The van der Waals surface area contributed by atoms with Crippen molar-refractivity contribution in [3.05, 3.63) is 12.7 Å². The number of nitrogens with zero attached hydrogens (tertiary/aromatic N) is 4. The lowest BCUT2D eigenvalue weighted by atomic mass is 10.2. The third-order valence-electron chi connectivity index (χ3n) is 5.58. The molecule has 0 amide bonds. The maximum atomic E-state index is 13.9. The summed E-state index contributed by atoms with van der Waals surface area (Å²) in [4.78, 5) is 37.1. The highest BCUT2D eigenvalue weighted by Gasteiger charge is 2.30. The second-order valence-electron chi connectivity index (χ2n) is 9.65. The van der Waals surface area contributed by atoms with Crippen LogP contribution in [0.25, 0.3) is 11.2 Å². The van der Waals surface area contributed by atoms with Crippen molar-refractivity contribution in [1.29, 1.82) is 0 Å². The van der Waals surface area contributed by atoms with Gasteiger partial charge < -0.3 is 24.5 Å². The molecular formula is C24H42N7O6P. The van der Waals surface area contributed by atoms with E-state index in [0.29, 0.717) is 24.3 Å². The van der Waals surface area contributed by atoms with Crippen LogP contribution in [0.4, 0.5) is 5.82 Å². The number of nitrogen functional groups attached to an aromatic ring is 1. The number of ether oxygens (including phenoxy) is 3. The summed E-state index contributed by atoms with van der Waals surface area (Å²) >= 11 is 0. The summed E-state index contributed by atoms with van der Waals surface area (Å²) in [5.74, 6) is -1.21. The van der Waals surface area contributed by atoms with Crippen molar-refractivity contribution >= 4 is 36.4 Å². The molecule has 2 aromatic rings. The van der Waals surface area contributed by atoms with Gasteiger partial charge in [-0.1, -0.05) is 26.7 Å². The molecule has 214 valence electrons. The molecule has 14 heteroatoms. The molecule has 13 nitrogen and oxygen atoms in total. The van der Waals surface area contributed by atoms with Gasteiger partial charge in [-0.25, -0.2) is 20.0 Å². The molecule has 0 fully saturated rings. The molecule has 0 aliphatic rings. The molecule has 4 unspecified atom stereocenters. The number of unbranched alkanes of at least 4 members (excludes halogenated alkanes) is 2. The van der Waals surface area contributed by atoms with E-state index in [-0.39, 0.29) is 24.8 Å². The quantitative estimate of drug-likeness (QED) is 0.148. The van der Waals surface area contributed by atoms with Crippen molar-refractivity contribution in [2.45, 2.75) is 85.6 Å². The first-order valence-corrected chi connectivity index (χ1v) is 14.9. The number of rotatable bonds is 17. The molecule has 0 aromatic carbocycles. The van der Waals surface area contributed by atoms with Gasteiger partial charge in [0.1, 0.15) is 24.2 Å². The van der Waals surface area contributed by atoms with E-state index in [0.717, 1.165) is 19.3 Å². The number of esters is 2. The van der Waals surface area contributed by atoms with Crippen LogP contribution < -0.4 is 15.9 Å². The molecule has 0 aliphatic carbocycles. The zero-order valence-electron chi connectivity index (χ0n) is 23.2. The van der Waals surface area contributed by atoms with Gasteiger partial charge in [-0.15, -0.1) is 0 Å². The fraction of sp³-hybridized carbons (Fsp3) is 0.708. The van der Waals surface area contributed by atoms with Crippen LogP contribution in [-0.2, 0) is 34.9 Å². The maximum absolute atomic E-state index is 13.9. The highest BCUT2D eigenvalue weighted by Crippen LogP contribution is 2.37. The minimum atomic E-state index is -3.50. The Labute approximate surface area is 224 Å². The van der Waals surface area contributed by atoms with Gasteiger partial charge in [-0.3, -0.25) is 19.2 Å². The summed E-state index contributed by atoms with van der Waals surface area (Å²) in [6.07, 6.45) is 4.77. The van der Waals surface area contributed by atoms with E-state index in [9.17, 15) is 14.2 Å². The molecule has 4 N–H and O–H groups in total. The Balaban J connectivity index is 2.05. The molecule has 0 saturated heterocycles. The number of fused-ring (bicyclic) bond motifs is 1. The Kier molecular flexibility index (Phi) is 12.6. The Hall–Kier alpha value is -2.60. The third kappa shape index (κ3) is 9.94. The molecule has 2 heterocycles. The first kappa shape index (κ1) is 31.6. The number of aromatic nitrogens is 4. The maximum Gasteiger partial charge on any atom is 0.323 e. The average molecular weight is 556 g/mol. The predicted molar refractivity (Wildman–Crippen MR) is 144 cm³/mol. The average Bonchev–Trinajstić information content (AvgIpc) is 3.27. The second-order valence-corrected chi connectivity index (χ2v) is 12.0. The zero-order valence-corrected chi connectivity index (χ0v) is 24.1. The van der Waals surface area contributed by atoms with Crippen LogP contribution in [0.5, 0.6) is 0 Å². The number of hydrogen-bond acceptors (Lipinski definition) is 10. The Morgan fingerprint density at radius 3 is 2.53 bits per heavy atom. The molecule has 0 saturated carbocycles. The first-order valence-electron chi connectivity index (χ1n) is 13.0. The molecule has 38 heavy (non-hydrogen) atoms. The van der Waals surface area contributed by atoms with Crippen LogP contribution in [-0.4, -0.2) is 69.2 Å². The Morgan fingerprint density at radius 1 is 1.11 bits per heavy atom. The highest BCUT2D eigenvalue weighted by molar-refractivity contribution is 7.59. The van der Waals surface area contributed by atoms with Crippen molar-refractivity contribution in [2.75, 3.05) is 25.2 Å². The lowest BCUT2D eigenvalue weighted by Crippen LogP contribution is -2.40. The van der Waals surface area contributed by atoms with Crippen molar-refractivity contribution in [3.8, 4) is 0 Å². The largest absolute Gasteiger partial charge is 0.465 e. The van der Waals surface area contributed by atoms with E-state index in [4.69, 9.17) is 19.9 Å².